The van der Waals surface area contributed by atoms with Crippen molar-refractivity contribution in [2.45, 2.75) is 6.42 Å². The summed E-state index contributed by atoms with van der Waals surface area (Å²) in [6.45, 7) is 0. The van der Waals surface area contributed by atoms with Gasteiger partial charge in [0.2, 0.25) is 0 Å². The van der Waals surface area contributed by atoms with Gasteiger partial charge in [-0.25, -0.2) is 4.98 Å². The highest BCUT2D eigenvalue weighted by atomic mass is 32.1. The molecule has 0 unspecified atom stereocenters. The van der Waals surface area contributed by atoms with E-state index in [9.17, 15) is 0 Å². The van der Waals surface area contributed by atoms with Crippen LogP contribution < -0.4 is 0 Å². The van der Waals surface area contributed by atoms with Gasteiger partial charge in [0.1, 0.15) is 0 Å². The van der Waals surface area contributed by atoms with Crippen molar-refractivity contribution in [1.29, 1.82) is 0 Å². The van der Waals surface area contributed by atoms with Crippen LogP contribution in [0.5, 0.6) is 0 Å². The molecule has 0 aliphatic rings. The largest absolute Gasteiger partial charge is 0.240 e. The van der Waals surface area contributed by atoms with Crippen molar-refractivity contribution in [3.63, 3.8) is 0 Å². The molecule has 0 saturated carbocycles. The molecular formula is C9H9NS3. The average molecular weight is 227 g/mol. The Morgan fingerprint density at radius 1 is 1.38 bits per heavy atom. The Kier molecular flexibility index (Phi) is 3.03. The molecule has 68 valence electrons. The van der Waals surface area contributed by atoms with Crippen LogP contribution in [0.25, 0.3) is 10.6 Å². The van der Waals surface area contributed by atoms with Crippen LogP contribution >= 0.6 is 35.3 Å². The number of thiol groups is 1. The smallest absolute Gasteiger partial charge is 0.0941 e. The summed E-state index contributed by atoms with van der Waals surface area (Å²) in [7, 11) is 0. The minimum Gasteiger partial charge on any atom is -0.240 e. The number of aryl methyl sites for hydroxylation is 1. The number of nitrogens with zero attached hydrogens (tertiary/aromatic N) is 1. The molecule has 0 aromatic carbocycles. The van der Waals surface area contributed by atoms with Gasteiger partial charge >= 0.3 is 0 Å². The molecule has 13 heavy (non-hydrogen) atoms. The molecule has 2 heterocycles. The van der Waals surface area contributed by atoms with E-state index in [1.165, 1.54) is 9.88 Å². The Labute approximate surface area is 90.9 Å². The predicted molar refractivity (Wildman–Crippen MR) is 63.0 cm³/mol. The molecule has 4 heteroatoms. The van der Waals surface area contributed by atoms with Crippen molar-refractivity contribution in [3.8, 4) is 10.6 Å². The molecule has 0 saturated heterocycles. The van der Waals surface area contributed by atoms with Gasteiger partial charge in [-0.15, -0.1) is 22.7 Å². The maximum Gasteiger partial charge on any atom is 0.0941 e. The third-order valence-corrected chi connectivity index (χ3v) is 3.68. The normalized spacial score (nSPS) is 10.5. The summed E-state index contributed by atoms with van der Waals surface area (Å²) in [5, 5.41) is 5.37. The molecule has 0 fully saturated rings. The maximum absolute atomic E-state index is 4.52. The Morgan fingerprint density at radius 3 is 3.00 bits per heavy atom. The highest BCUT2D eigenvalue weighted by Crippen LogP contribution is 2.26. The van der Waals surface area contributed by atoms with Crippen molar-refractivity contribution in [2.75, 3.05) is 5.75 Å². The lowest BCUT2D eigenvalue weighted by molar-refractivity contribution is 1.12. The van der Waals surface area contributed by atoms with Crippen molar-refractivity contribution < 1.29 is 0 Å². The topological polar surface area (TPSA) is 12.9 Å². The van der Waals surface area contributed by atoms with Crippen molar-refractivity contribution in [1.82, 2.24) is 4.98 Å². The maximum atomic E-state index is 4.52. The zero-order chi connectivity index (χ0) is 9.10. The quantitative estimate of drug-likeness (QED) is 0.794. The molecule has 0 amide bonds. The summed E-state index contributed by atoms with van der Waals surface area (Å²) < 4.78 is 0. The molecule has 0 radical (unpaired) electrons. The molecular weight excluding hydrogens is 218 g/mol. The van der Waals surface area contributed by atoms with E-state index < -0.39 is 0 Å². The predicted octanol–water partition coefficient (Wildman–Crippen LogP) is 3.34. The highest BCUT2D eigenvalue weighted by Gasteiger charge is 2.03. The van der Waals surface area contributed by atoms with Crippen molar-refractivity contribution in [2.24, 2.45) is 0 Å². The molecule has 2 rings (SSSR count). The average Bonchev–Trinajstić information content (AvgIpc) is 2.70. The van der Waals surface area contributed by atoms with E-state index in [0.29, 0.717) is 0 Å². The Hall–Kier alpha value is -0.320. The SMILES string of the molecule is SCCc1nc(-c2cccs2)cs1. The first-order valence-electron chi connectivity index (χ1n) is 3.99. The highest BCUT2D eigenvalue weighted by molar-refractivity contribution is 7.80. The van der Waals surface area contributed by atoms with E-state index in [0.717, 1.165) is 17.9 Å². The monoisotopic (exact) mass is 227 g/mol. The first-order chi connectivity index (χ1) is 6.40. The summed E-state index contributed by atoms with van der Waals surface area (Å²) in [4.78, 5) is 5.77. The molecule has 0 atom stereocenters. The Balaban J connectivity index is 2.23. The number of thiazole rings is 1. The Morgan fingerprint density at radius 2 is 2.31 bits per heavy atom. The lowest BCUT2D eigenvalue weighted by Gasteiger charge is -1.88. The first-order valence-corrected chi connectivity index (χ1v) is 6.38. The second kappa shape index (κ2) is 4.26. The summed E-state index contributed by atoms with van der Waals surface area (Å²) >= 11 is 7.64. The van der Waals surface area contributed by atoms with Gasteiger partial charge < -0.3 is 0 Å². The molecule has 2 aromatic heterocycles. The van der Waals surface area contributed by atoms with Crippen LogP contribution in [0.4, 0.5) is 0 Å². The number of hydrogen-bond donors (Lipinski definition) is 1. The number of hydrogen-bond acceptors (Lipinski definition) is 4. The zero-order valence-corrected chi connectivity index (χ0v) is 9.46. The van der Waals surface area contributed by atoms with E-state index >= 15 is 0 Å². The fourth-order valence-electron chi connectivity index (χ4n) is 1.06. The van der Waals surface area contributed by atoms with Crippen LogP contribution in [0, 0.1) is 0 Å². The number of rotatable bonds is 3. The molecule has 1 nitrogen and oxygen atoms in total. The lowest BCUT2D eigenvalue weighted by Crippen LogP contribution is -1.83. The van der Waals surface area contributed by atoms with Gasteiger partial charge in [-0.05, 0) is 17.2 Å². The first kappa shape index (κ1) is 9.24. The van der Waals surface area contributed by atoms with Crippen molar-refractivity contribution >= 4 is 35.3 Å². The van der Waals surface area contributed by atoms with Crippen LogP contribution in [0.2, 0.25) is 0 Å². The molecule has 0 N–H and O–H groups in total. The standard InChI is InChI=1S/C9H9NS3/c11-4-3-9-10-7(6-13-9)8-2-1-5-12-8/h1-2,5-6,11H,3-4H2. The minimum absolute atomic E-state index is 0.872. The molecule has 0 aliphatic carbocycles. The second-order valence-corrected chi connectivity index (χ2v) is 4.91. The van der Waals surface area contributed by atoms with Gasteiger partial charge in [0, 0.05) is 11.8 Å². The Bertz CT molecular complexity index is 364. The number of thiophene rings is 1. The van der Waals surface area contributed by atoms with Gasteiger partial charge in [-0.3, -0.25) is 0 Å². The van der Waals surface area contributed by atoms with Crippen molar-refractivity contribution in [3.05, 3.63) is 27.9 Å². The molecule has 0 aliphatic heterocycles. The molecule has 2 aromatic rings. The van der Waals surface area contributed by atoms with Crippen LogP contribution in [-0.2, 0) is 6.42 Å². The molecule has 0 bridgehead atoms. The van der Waals surface area contributed by atoms with E-state index in [2.05, 4.69) is 40.5 Å². The summed E-state index contributed by atoms with van der Waals surface area (Å²) in [5.41, 5.74) is 1.11. The fraction of sp³-hybridized carbons (Fsp3) is 0.222. The van der Waals surface area contributed by atoms with Gasteiger partial charge in [0.05, 0.1) is 15.6 Å². The second-order valence-electron chi connectivity index (χ2n) is 2.58. The summed E-state index contributed by atoms with van der Waals surface area (Å²) in [5.74, 6) is 0.872. The van der Waals surface area contributed by atoms with Crippen LogP contribution in [-0.4, -0.2) is 10.7 Å². The van der Waals surface area contributed by atoms with E-state index in [-0.39, 0.29) is 0 Å². The van der Waals surface area contributed by atoms with Crippen LogP contribution in [0.3, 0.4) is 0 Å². The summed E-state index contributed by atoms with van der Waals surface area (Å²) in [6, 6.07) is 4.15. The zero-order valence-electron chi connectivity index (χ0n) is 6.93. The third kappa shape index (κ3) is 2.13. The number of aromatic nitrogens is 1. The van der Waals surface area contributed by atoms with E-state index in [4.69, 9.17) is 0 Å². The van der Waals surface area contributed by atoms with Crippen LogP contribution in [0.15, 0.2) is 22.9 Å². The minimum atomic E-state index is 0.872. The van der Waals surface area contributed by atoms with E-state index in [1.807, 2.05) is 0 Å². The third-order valence-electron chi connectivity index (χ3n) is 1.65. The lowest BCUT2D eigenvalue weighted by atomic mass is 10.4. The summed E-state index contributed by atoms with van der Waals surface area (Å²) in [6.07, 6.45) is 0.971. The van der Waals surface area contributed by atoms with Gasteiger partial charge in [-0.2, -0.15) is 12.6 Å². The fourth-order valence-corrected chi connectivity index (χ4v) is 2.98. The van der Waals surface area contributed by atoms with Gasteiger partial charge in [0.15, 0.2) is 0 Å². The van der Waals surface area contributed by atoms with Gasteiger partial charge in [-0.1, -0.05) is 6.07 Å². The van der Waals surface area contributed by atoms with E-state index in [1.54, 1.807) is 22.7 Å². The van der Waals surface area contributed by atoms with Crippen LogP contribution in [0.1, 0.15) is 5.01 Å². The van der Waals surface area contributed by atoms with Gasteiger partial charge in [0.25, 0.3) is 0 Å². The molecule has 0 spiro atoms.